The summed E-state index contributed by atoms with van der Waals surface area (Å²) in [5.74, 6) is 1.74. The van der Waals surface area contributed by atoms with Crippen LogP contribution in [0.5, 0.6) is 0 Å². The summed E-state index contributed by atoms with van der Waals surface area (Å²) in [6, 6.07) is 56.5. The monoisotopic (exact) mass is 665 g/mol. The van der Waals surface area contributed by atoms with E-state index in [0.29, 0.717) is 17.5 Å². The predicted molar refractivity (Wildman–Crippen MR) is 211 cm³/mol. The Bertz CT molecular complexity index is 3210. The number of fused-ring (bicyclic) bond motifs is 8. The summed E-state index contributed by atoms with van der Waals surface area (Å²) in [4.78, 5) is 15.3. The number of furan rings is 2. The second-order valence-electron chi connectivity index (χ2n) is 13.2. The van der Waals surface area contributed by atoms with E-state index >= 15 is 0 Å². The Morgan fingerprint density at radius 1 is 0.308 bits per heavy atom. The van der Waals surface area contributed by atoms with E-state index in [1.165, 1.54) is 10.8 Å². The van der Waals surface area contributed by atoms with Crippen molar-refractivity contribution in [2.75, 3.05) is 0 Å². The molecule has 3 aromatic heterocycles. The van der Waals surface area contributed by atoms with Crippen molar-refractivity contribution < 1.29 is 8.83 Å². The topological polar surface area (TPSA) is 65.0 Å². The minimum atomic E-state index is 0.567. The van der Waals surface area contributed by atoms with E-state index < -0.39 is 0 Å². The molecule has 0 atom stereocenters. The van der Waals surface area contributed by atoms with Crippen molar-refractivity contribution in [1.82, 2.24) is 15.0 Å². The van der Waals surface area contributed by atoms with Crippen LogP contribution in [0.2, 0.25) is 0 Å². The second-order valence-corrected chi connectivity index (χ2v) is 13.2. The summed E-state index contributed by atoms with van der Waals surface area (Å²) >= 11 is 0. The van der Waals surface area contributed by atoms with Gasteiger partial charge in [-0.15, -0.1) is 0 Å². The van der Waals surface area contributed by atoms with Crippen LogP contribution in [0, 0.1) is 0 Å². The molecule has 0 aliphatic rings. The zero-order valence-corrected chi connectivity index (χ0v) is 27.7. The standard InChI is InChI=1S/C47H27N3O2/c1-3-10-30-24-32(18-16-28(30)8-1)33-20-22-36-37-23-21-35(27-43(37)52-42(36)26-33)46-48-45(34-19-17-29-9-2-4-11-31(29)25-34)49-47(50-46)39-13-7-15-41-44(39)38-12-5-6-14-40(38)51-41/h1-27H. The highest BCUT2D eigenvalue weighted by molar-refractivity contribution is 6.12. The van der Waals surface area contributed by atoms with Gasteiger partial charge in [0, 0.05) is 38.2 Å². The van der Waals surface area contributed by atoms with Gasteiger partial charge in [-0.05, 0) is 81.2 Å². The number of hydrogen-bond acceptors (Lipinski definition) is 5. The molecule has 11 rings (SSSR count). The van der Waals surface area contributed by atoms with Gasteiger partial charge in [-0.25, -0.2) is 15.0 Å². The number of benzene rings is 8. The quantitative estimate of drug-likeness (QED) is 0.187. The summed E-state index contributed by atoms with van der Waals surface area (Å²) in [5.41, 5.74) is 8.15. The first-order valence-electron chi connectivity index (χ1n) is 17.3. The third-order valence-electron chi connectivity index (χ3n) is 10.1. The molecule has 3 heterocycles. The first-order valence-corrected chi connectivity index (χ1v) is 17.3. The van der Waals surface area contributed by atoms with Crippen molar-refractivity contribution in [3.05, 3.63) is 164 Å². The van der Waals surface area contributed by atoms with E-state index in [0.717, 1.165) is 82.5 Å². The molecule has 0 unspecified atom stereocenters. The van der Waals surface area contributed by atoms with Crippen molar-refractivity contribution in [1.29, 1.82) is 0 Å². The minimum Gasteiger partial charge on any atom is -0.456 e. The molecule has 5 nitrogen and oxygen atoms in total. The van der Waals surface area contributed by atoms with E-state index in [9.17, 15) is 0 Å². The molecule has 0 fully saturated rings. The highest BCUT2D eigenvalue weighted by Crippen LogP contribution is 2.38. The van der Waals surface area contributed by atoms with Crippen LogP contribution >= 0.6 is 0 Å². The average molecular weight is 666 g/mol. The number of hydrogen-bond donors (Lipinski definition) is 0. The molecule has 8 aromatic carbocycles. The normalized spacial score (nSPS) is 11.8. The van der Waals surface area contributed by atoms with Gasteiger partial charge in [0.1, 0.15) is 22.3 Å². The average Bonchev–Trinajstić information content (AvgIpc) is 3.78. The number of rotatable bonds is 4. The van der Waals surface area contributed by atoms with E-state index in [-0.39, 0.29) is 0 Å². The Morgan fingerprint density at radius 2 is 0.808 bits per heavy atom. The maximum absolute atomic E-state index is 6.55. The minimum absolute atomic E-state index is 0.567. The Morgan fingerprint density at radius 3 is 1.56 bits per heavy atom. The predicted octanol–water partition coefficient (Wildman–Crippen LogP) is 12.6. The molecule has 0 saturated carbocycles. The fourth-order valence-corrected chi connectivity index (χ4v) is 7.51. The highest BCUT2D eigenvalue weighted by atomic mass is 16.3. The first-order chi connectivity index (χ1) is 25.7. The molecule has 0 amide bonds. The maximum Gasteiger partial charge on any atom is 0.164 e. The summed E-state index contributed by atoms with van der Waals surface area (Å²) in [7, 11) is 0. The molecule has 0 radical (unpaired) electrons. The van der Waals surface area contributed by atoms with Gasteiger partial charge >= 0.3 is 0 Å². The van der Waals surface area contributed by atoms with E-state index in [2.05, 4.69) is 127 Å². The fourth-order valence-electron chi connectivity index (χ4n) is 7.51. The molecule has 242 valence electrons. The van der Waals surface area contributed by atoms with Crippen molar-refractivity contribution >= 4 is 65.4 Å². The van der Waals surface area contributed by atoms with Gasteiger partial charge in [-0.3, -0.25) is 0 Å². The molecule has 0 saturated heterocycles. The van der Waals surface area contributed by atoms with Crippen molar-refractivity contribution in [3.8, 4) is 45.3 Å². The number of aromatic nitrogens is 3. The smallest absolute Gasteiger partial charge is 0.164 e. The van der Waals surface area contributed by atoms with Crippen LogP contribution in [0.4, 0.5) is 0 Å². The van der Waals surface area contributed by atoms with Gasteiger partial charge in [0.05, 0.1) is 0 Å². The lowest BCUT2D eigenvalue weighted by Crippen LogP contribution is -2.00. The molecule has 0 aliphatic carbocycles. The molecular formula is C47H27N3O2. The summed E-state index contributed by atoms with van der Waals surface area (Å²) in [5, 5.41) is 8.84. The lowest BCUT2D eigenvalue weighted by Gasteiger charge is -2.10. The zero-order valence-electron chi connectivity index (χ0n) is 27.7. The second kappa shape index (κ2) is 11.2. The molecular weight excluding hydrogens is 639 g/mol. The van der Waals surface area contributed by atoms with Crippen molar-refractivity contribution in [2.24, 2.45) is 0 Å². The lowest BCUT2D eigenvalue weighted by atomic mass is 10.00. The maximum atomic E-state index is 6.55. The first kappa shape index (κ1) is 28.7. The van der Waals surface area contributed by atoms with E-state index in [1.54, 1.807) is 0 Å². The molecule has 0 spiro atoms. The Labute approximate surface area is 297 Å². The fraction of sp³-hybridized carbons (Fsp3) is 0. The van der Waals surface area contributed by atoms with Crippen LogP contribution in [-0.2, 0) is 0 Å². The summed E-state index contributed by atoms with van der Waals surface area (Å²) in [6.45, 7) is 0. The van der Waals surface area contributed by atoms with Gasteiger partial charge in [0.2, 0.25) is 0 Å². The van der Waals surface area contributed by atoms with Gasteiger partial charge in [-0.2, -0.15) is 0 Å². The Balaban J connectivity index is 1.08. The van der Waals surface area contributed by atoms with Gasteiger partial charge < -0.3 is 8.83 Å². The zero-order chi connectivity index (χ0) is 34.2. The van der Waals surface area contributed by atoms with Gasteiger partial charge in [0.15, 0.2) is 17.5 Å². The van der Waals surface area contributed by atoms with Crippen molar-refractivity contribution in [3.63, 3.8) is 0 Å². The molecule has 52 heavy (non-hydrogen) atoms. The highest BCUT2D eigenvalue weighted by Gasteiger charge is 2.19. The lowest BCUT2D eigenvalue weighted by molar-refractivity contribution is 0.668. The van der Waals surface area contributed by atoms with Crippen LogP contribution in [0.25, 0.3) is 111 Å². The largest absolute Gasteiger partial charge is 0.456 e. The SMILES string of the molecule is c1ccc2cc(-c3ccc4c(c3)oc3cc(-c5nc(-c6ccc7ccccc7c6)nc(-c6cccc7oc8ccccc8c67)n5)ccc34)ccc2c1. The van der Waals surface area contributed by atoms with Crippen LogP contribution < -0.4 is 0 Å². The van der Waals surface area contributed by atoms with Gasteiger partial charge in [0.25, 0.3) is 0 Å². The van der Waals surface area contributed by atoms with Crippen LogP contribution in [0.1, 0.15) is 0 Å². The Hall–Kier alpha value is -7.11. The number of para-hydroxylation sites is 1. The summed E-state index contributed by atoms with van der Waals surface area (Å²) in [6.07, 6.45) is 0. The van der Waals surface area contributed by atoms with Crippen LogP contribution in [0.3, 0.4) is 0 Å². The van der Waals surface area contributed by atoms with Crippen LogP contribution in [-0.4, -0.2) is 15.0 Å². The van der Waals surface area contributed by atoms with Gasteiger partial charge in [-0.1, -0.05) is 115 Å². The molecule has 0 aliphatic heterocycles. The van der Waals surface area contributed by atoms with E-state index in [4.69, 9.17) is 23.8 Å². The van der Waals surface area contributed by atoms with Crippen LogP contribution in [0.15, 0.2) is 173 Å². The van der Waals surface area contributed by atoms with E-state index in [1.807, 2.05) is 36.4 Å². The van der Waals surface area contributed by atoms with Crippen molar-refractivity contribution in [2.45, 2.75) is 0 Å². The number of nitrogens with zero attached hydrogens (tertiary/aromatic N) is 3. The Kier molecular flexibility index (Phi) is 6.18. The molecule has 5 heteroatoms. The molecule has 0 bridgehead atoms. The third-order valence-corrected chi connectivity index (χ3v) is 10.1. The molecule has 0 N–H and O–H groups in total. The summed E-state index contributed by atoms with van der Waals surface area (Å²) < 4.78 is 12.8. The molecule has 11 aromatic rings. The third kappa shape index (κ3) is 4.60.